The van der Waals surface area contributed by atoms with Crippen molar-refractivity contribution in [3.8, 4) is 0 Å². The highest BCUT2D eigenvalue weighted by Crippen LogP contribution is 2.42. The van der Waals surface area contributed by atoms with Crippen molar-refractivity contribution in [2.24, 2.45) is 5.41 Å². The van der Waals surface area contributed by atoms with E-state index in [1.165, 1.54) is 6.33 Å². The highest BCUT2D eigenvalue weighted by molar-refractivity contribution is 14.1. The first-order valence-corrected chi connectivity index (χ1v) is 8.83. The van der Waals surface area contributed by atoms with Crippen LogP contribution in [0.25, 0.3) is 11.0 Å². The molecule has 23 heavy (non-hydrogen) atoms. The second-order valence-electron chi connectivity index (χ2n) is 6.89. The van der Waals surface area contributed by atoms with Gasteiger partial charge < -0.3 is 14.6 Å². The van der Waals surface area contributed by atoms with Gasteiger partial charge in [0.1, 0.15) is 17.1 Å². The molecular weight excluding hydrogens is 431 g/mol. The van der Waals surface area contributed by atoms with Gasteiger partial charge in [0.2, 0.25) is 0 Å². The molecule has 2 atom stereocenters. The molecule has 1 aliphatic rings. The van der Waals surface area contributed by atoms with Crippen molar-refractivity contribution in [3.63, 3.8) is 0 Å². The molecule has 1 aliphatic heterocycles. The average Bonchev–Trinajstić information content (AvgIpc) is 3.00. The fourth-order valence-corrected chi connectivity index (χ4v) is 4.77. The van der Waals surface area contributed by atoms with Gasteiger partial charge in [0.25, 0.3) is 0 Å². The molecule has 3 rings (SSSR count). The lowest BCUT2D eigenvalue weighted by Crippen LogP contribution is -2.45. The van der Waals surface area contributed by atoms with Gasteiger partial charge in [-0.2, -0.15) is 0 Å². The monoisotopic (exact) mass is 448 g/mol. The van der Waals surface area contributed by atoms with Crippen molar-refractivity contribution in [1.82, 2.24) is 19.4 Å². The van der Waals surface area contributed by atoms with Crippen molar-refractivity contribution in [1.29, 1.82) is 0 Å². The number of nitrogens with zero attached hydrogens (tertiary/aromatic N) is 4. The third-order valence-corrected chi connectivity index (χ3v) is 5.48. The molecule has 1 N–H and O–H groups in total. The van der Waals surface area contributed by atoms with E-state index in [9.17, 15) is 9.90 Å². The van der Waals surface area contributed by atoms with Crippen molar-refractivity contribution in [2.75, 3.05) is 6.54 Å². The Morgan fingerprint density at radius 2 is 2.13 bits per heavy atom. The number of hydrogen-bond donors (Lipinski definition) is 1. The Balaban J connectivity index is 2.15. The topological polar surface area (TPSA) is 71.2 Å². The van der Waals surface area contributed by atoms with E-state index in [1.807, 2.05) is 6.20 Å². The molecule has 6 nitrogen and oxygen atoms in total. The molecule has 0 saturated carbocycles. The van der Waals surface area contributed by atoms with Gasteiger partial charge in [-0.25, -0.2) is 14.8 Å². The lowest BCUT2D eigenvalue weighted by atomic mass is 9.82. The minimum Gasteiger partial charge on any atom is -0.465 e. The Labute approximate surface area is 153 Å². The van der Waals surface area contributed by atoms with Crippen molar-refractivity contribution in [2.45, 2.75) is 39.3 Å². The molecular formula is C15H18ClIN4O2. The van der Waals surface area contributed by atoms with Crippen LogP contribution < -0.4 is 0 Å². The molecule has 0 radical (unpaired) electrons. The molecule has 1 amide bonds. The van der Waals surface area contributed by atoms with Crippen LogP contribution >= 0.6 is 34.2 Å². The van der Waals surface area contributed by atoms with Crippen LogP contribution in [0.3, 0.4) is 0 Å². The van der Waals surface area contributed by atoms with Crippen LogP contribution in [0.1, 0.15) is 33.2 Å². The fourth-order valence-electron chi connectivity index (χ4n) is 3.58. The molecule has 124 valence electrons. The van der Waals surface area contributed by atoms with Crippen LogP contribution in [-0.4, -0.2) is 43.2 Å². The molecule has 1 fully saturated rings. The predicted octanol–water partition coefficient (Wildman–Crippen LogP) is 4.03. The zero-order chi connectivity index (χ0) is 16.9. The highest BCUT2D eigenvalue weighted by atomic mass is 127. The van der Waals surface area contributed by atoms with E-state index in [-0.39, 0.29) is 17.5 Å². The minimum absolute atomic E-state index is 0.0306. The summed E-state index contributed by atoms with van der Waals surface area (Å²) in [6, 6.07) is -0.0942. The van der Waals surface area contributed by atoms with Gasteiger partial charge in [0.05, 0.1) is 17.5 Å². The fraction of sp³-hybridized carbons (Fsp3) is 0.533. The summed E-state index contributed by atoms with van der Waals surface area (Å²) < 4.78 is 3.05. The van der Waals surface area contributed by atoms with Gasteiger partial charge >= 0.3 is 6.09 Å². The molecule has 3 heterocycles. The molecule has 2 aromatic rings. The Kier molecular flexibility index (Phi) is 4.20. The van der Waals surface area contributed by atoms with Crippen molar-refractivity contribution < 1.29 is 9.90 Å². The SMILES string of the molecule is CC(C)(C)[C@@H]1C(n2cc(I)c3c(Cl)ncnc32)CCN1C(=O)O. The van der Waals surface area contributed by atoms with Gasteiger partial charge in [0, 0.05) is 16.3 Å². The number of aromatic nitrogens is 3. The van der Waals surface area contributed by atoms with Gasteiger partial charge in [-0.1, -0.05) is 32.4 Å². The summed E-state index contributed by atoms with van der Waals surface area (Å²) in [4.78, 5) is 21.6. The van der Waals surface area contributed by atoms with E-state index in [0.717, 1.165) is 21.0 Å². The first-order valence-electron chi connectivity index (χ1n) is 7.38. The maximum atomic E-state index is 11.6. The van der Waals surface area contributed by atoms with Crippen LogP contribution in [0.4, 0.5) is 4.79 Å². The second-order valence-corrected chi connectivity index (χ2v) is 8.41. The predicted molar refractivity (Wildman–Crippen MR) is 96.9 cm³/mol. The molecule has 1 saturated heterocycles. The normalized spacial score (nSPS) is 22.0. The number of halogens is 2. The molecule has 0 bridgehead atoms. The number of fused-ring (bicyclic) bond motifs is 1. The standard InChI is InChI=1S/C15H18ClIN4O2/c1-15(2,3)11-9(4-5-20(11)14(22)23)21-6-8(17)10-12(16)18-7-19-13(10)21/h6-7,9,11H,4-5H2,1-3H3,(H,22,23)/t9?,11-/m0/s1. The average molecular weight is 449 g/mol. The van der Waals surface area contributed by atoms with E-state index in [0.29, 0.717) is 11.7 Å². The summed E-state index contributed by atoms with van der Waals surface area (Å²) in [7, 11) is 0. The Bertz CT molecular complexity index is 771. The Morgan fingerprint density at radius 3 is 2.74 bits per heavy atom. The largest absolute Gasteiger partial charge is 0.465 e. The third kappa shape index (κ3) is 2.77. The van der Waals surface area contributed by atoms with Gasteiger partial charge in [0.15, 0.2) is 0 Å². The van der Waals surface area contributed by atoms with Crippen molar-refractivity contribution in [3.05, 3.63) is 21.2 Å². The van der Waals surface area contributed by atoms with Gasteiger partial charge in [-0.15, -0.1) is 0 Å². The molecule has 2 aromatic heterocycles. The second kappa shape index (κ2) is 5.77. The molecule has 8 heteroatoms. The van der Waals surface area contributed by atoms with Crippen LogP contribution in [0, 0.1) is 8.99 Å². The molecule has 1 unspecified atom stereocenters. The summed E-state index contributed by atoms with van der Waals surface area (Å²) >= 11 is 8.44. The summed E-state index contributed by atoms with van der Waals surface area (Å²) in [5.74, 6) is 0. The van der Waals surface area contributed by atoms with E-state index >= 15 is 0 Å². The zero-order valence-corrected chi connectivity index (χ0v) is 16.0. The minimum atomic E-state index is -0.869. The number of carboxylic acid groups (broad SMARTS) is 1. The van der Waals surface area contributed by atoms with Crippen LogP contribution in [0.2, 0.25) is 5.15 Å². The van der Waals surface area contributed by atoms with Crippen LogP contribution in [-0.2, 0) is 0 Å². The van der Waals surface area contributed by atoms with E-state index in [4.69, 9.17) is 11.6 Å². The number of rotatable bonds is 1. The highest BCUT2D eigenvalue weighted by Gasteiger charge is 2.45. The Hall–Kier alpha value is -1.09. The summed E-state index contributed by atoms with van der Waals surface area (Å²) in [5.41, 5.74) is 0.583. The van der Waals surface area contributed by atoms with Gasteiger partial charge in [-0.3, -0.25) is 0 Å². The smallest absolute Gasteiger partial charge is 0.407 e. The number of hydrogen-bond acceptors (Lipinski definition) is 3. The first kappa shape index (κ1) is 16.8. The van der Waals surface area contributed by atoms with Crippen molar-refractivity contribution >= 4 is 51.3 Å². The van der Waals surface area contributed by atoms with E-state index in [1.54, 1.807) is 4.90 Å². The van der Waals surface area contributed by atoms with Crippen LogP contribution in [0.5, 0.6) is 0 Å². The maximum Gasteiger partial charge on any atom is 0.407 e. The summed E-state index contributed by atoms with van der Waals surface area (Å²) in [5, 5.41) is 10.8. The third-order valence-electron chi connectivity index (χ3n) is 4.37. The lowest BCUT2D eigenvalue weighted by molar-refractivity contribution is 0.0932. The number of amides is 1. The number of carbonyl (C=O) groups is 1. The summed E-state index contributed by atoms with van der Waals surface area (Å²) in [6.45, 7) is 6.75. The maximum absolute atomic E-state index is 11.6. The quantitative estimate of drug-likeness (QED) is 0.528. The number of likely N-dealkylation sites (tertiary alicyclic amines) is 1. The molecule has 0 aliphatic carbocycles. The Morgan fingerprint density at radius 1 is 1.43 bits per heavy atom. The van der Waals surface area contributed by atoms with E-state index in [2.05, 4.69) is 57.9 Å². The first-order chi connectivity index (χ1) is 10.7. The van der Waals surface area contributed by atoms with Gasteiger partial charge in [-0.05, 0) is 34.4 Å². The molecule has 0 aromatic carbocycles. The summed E-state index contributed by atoms with van der Waals surface area (Å²) in [6.07, 6.45) is 3.34. The van der Waals surface area contributed by atoms with E-state index < -0.39 is 6.09 Å². The van der Waals surface area contributed by atoms with Crippen LogP contribution in [0.15, 0.2) is 12.5 Å². The molecule has 0 spiro atoms. The zero-order valence-electron chi connectivity index (χ0n) is 13.1. The lowest BCUT2D eigenvalue weighted by Gasteiger charge is -2.37.